The third-order valence-corrected chi connectivity index (χ3v) is 9.40. The van der Waals surface area contributed by atoms with E-state index in [1.165, 1.54) is 32.7 Å². The molecule has 0 aliphatic carbocycles. The lowest BCUT2D eigenvalue weighted by molar-refractivity contribution is 0.0469. The number of sulfonamides is 1. The summed E-state index contributed by atoms with van der Waals surface area (Å²) in [5.74, 6) is 0.0404. The van der Waals surface area contributed by atoms with Crippen LogP contribution in [0.2, 0.25) is 0 Å². The van der Waals surface area contributed by atoms with Crippen molar-refractivity contribution in [2.24, 2.45) is 0 Å². The van der Waals surface area contributed by atoms with Gasteiger partial charge in [-0.3, -0.25) is 4.98 Å². The summed E-state index contributed by atoms with van der Waals surface area (Å²) in [4.78, 5) is 31.1. The molecular formula is C35H46N6O8S. The Morgan fingerprint density at radius 1 is 1.06 bits per heavy atom. The second-order valence-corrected chi connectivity index (χ2v) is 13.8. The number of aliphatic hydroxyl groups is 1. The molecule has 0 spiro atoms. The third-order valence-electron chi connectivity index (χ3n) is 7.65. The number of hydrogen-bond acceptors (Lipinski definition) is 12. The van der Waals surface area contributed by atoms with E-state index >= 15 is 0 Å². The van der Waals surface area contributed by atoms with Gasteiger partial charge < -0.3 is 28.6 Å². The number of aromatic nitrogens is 5. The van der Waals surface area contributed by atoms with Gasteiger partial charge in [0.25, 0.3) is 15.9 Å². The number of methoxy groups -OCH3 is 2. The van der Waals surface area contributed by atoms with Gasteiger partial charge >= 0.3 is 5.97 Å². The number of ether oxygens (including phenoxy) is 4. The number of carbonyl (C=O) groups excluding carboxylic acids is 1. The molecule has 0 saturated heterocycles. The van der Waals surface area contributed by atoms with Crippen LogP contribution in [0.4, 0.5) is 5.82 Å². The average Bonchev–Trinajstić information content (AvgIpc) is 3.45. The maximum atomic E-state index is 14.4. The molecule has 4 aromatic rings. The molecule has 50 heavy (non-hydrogen) atoms. The molecule has 3 aromatic heterocycles. The molecule has 14 nitrogen and oxygen atoms in total. The van der Waals surface area contributed by atoms with Gasteiger partial charge in [0, 0.05) is 38.4 Å². The van der Waals surface area contributed by atoms with E-state index in [1.54, 1.807) is 44.4 Å². The minimum atomic E-state index is -4.35. The fourth-order valence-electron chi connectivity index (χ4n) is 5.45. The molecule has 1 N–H and O–H groups in total. The highest BCUT2D eigenvalue weighted by Crippen LogP contribution is 2.35. The minimum absolute atomic E-state index is 0.0225. The van der Waals surface area contributed by atoms with Gasteiger partial charge in [0.05, 0.1) is 37.9 Å². The van der Waals surface area contributed by atoms with E-state index in [0.29, 0.717) is 35.7 Å². The van der Waals surface area contributed by atoms with E-state index < -0.39 is 21.6 Å². The maximum Gasteiger partial charge on any atom is 0.357 e. The molecule has 3 heterocycles. The Morgan fingerprint density at radius 3 is 2.46 bits per heavy atom. The summed E-state index contributed by atoms with van der Waals surface area (Å²) in [6, 6.07) is 8.54. The van der Waals surface area contributed by atoms with Gasteiger partial charge in [0.15, 0.2) is 5.69 Å². The molecule has 0 bridgehead atoms. The normalized spacial score (nSPS) is 11.9. The fraction of sp³-hybridized carbons (Fsp3) is 0.457. The molecule has 0 radical (unpaired) electrons. The first-order chi connectivity index (χ1) is 23.8. The monoisotopic (exact) mass is 710 g/mol. The largest absolute Gasteiger partial charge is 0.478 e. The number of imidazole rings is 1. The quantitative estimate of drug-likeness (QED) is 0.118. The van der Waals surface area contributed by atoms with Crippen molar-refractivity contribution in [2.45, 2.75) is 78.0 Å². The Bertz CT molecular complexity index is 1910. The molecule has 15 heteroatoms. The zero-order valence-corrected chi connectivity index (χ0v) is 30.7. The van der Waals surface area contributed by atoms with E-state index in [1.807, 2.05) is 26.0 Å². The predicted octanol–water partition coefficient (Wildman–Crippen LogP) is 4.79. The van der Waals surface area contributed by atoms with E-state index in [2.05, 4.69) is 15.0 Å². The molecule has 1 aromatic carbocycles. The van der Waals surface area contributed by atoms with Crippen molar-refractivity contribution in [2.75, 3.05) is 38.5 Å². The number of anilines is 1. The van der Waals surface area contributed by atoms with Gasteiger partial charge in [0.2, 0.25) is 5.82 Å². The van der Waals surface area contributed by atoms with Crippen molar-refractivity contribution in [1.29, 1.82) is 0 Å². The van der Waals surface area contributed by atoms with Crippen LogP contribution in [0.1, 0.15) is 79.9 Å². The molecule has 0 aliphatic heterocycles. The van der Waals surface area contributed by atoms with Gasteiger partial charge in [-0.05, 0) is 64.3 Å². The van der Waals surface area contributed by atoms with Crippen LogP contribution < -0.4 is 9.04 Å². The standard InChI is InChI=1S/C35H46N6O8S/c1-9-13-28-39-31(35(5,6)43)30(34(42)49-11-3)40(28)20-24-15-16-26(25(18-24)21-48-10-2)29-27(14-12-17-36-29)50(44,45)41(22-46-7)32-33(47-8)38-23(4)19-37-32/h12,14-19,43H,9-11,13,20-22H2,1-8H3. The lowest BCUT2D eigenvalue weighted by Crippen LogP contribution is -2.34. The molecule has 0 aliphatic rings. The summed E-state index contributed by atoms with van der Waals surface area (Å²) in [6.07, 6.45) is 4.29. The highest BCUT2D eigenvalue weighted by atomic mass is 32.2. The molecule has 0 saturated carbocycles. The molecule has 0 atom stereocenters. The Kier molecular flexibility index (Phi) is 12.7. The predicted molar refractivity (Wildman–Crippen MR) is 186 cm³/mol. The molecule has 0 fully saturated rings. The first-order valence-electron chi connectivity index (χ1n) is 16.4. The molecule has 0 amide bonds. The van der Waals surface area contributed by atoms with Crippen molar-refractivity contribution in [3.63, 3.8) is 0 Å². The summed E-state index contributed by atoms with van der Waals surface area (Å²) >= 11 is 0. The lowest BCUT2D eigenvalue weighted by atomic mass is 10.0. The molecule has 270 valence electrons. The number of pyridine rings is 1. The SMILES string of the molecule is CCCc1nc(C(C)(C)O)c(C(=O)OCC)n1Cc1ccc(-c2ncccc2S(=O)(=O)N(COC)c2ncc(C)nc2OC)c(COCC)c1. The highest BCUT2D eigenvalue weighted by molar-refractivity contribution is 7.93. The van der Waals surface area contributed by atoms with Gasteiger partial charge in [-0.15, -0.1) is 0 Å². The Labute approximate surface area is 293 Å². The summed E-state index contributed by atoms with van der Waals surface area (Å²) in [5.41, 5.74) is 1.75. The van der Waals surface area contributed by atoms with E-state index in [4.69, 9.17) is 23.9 Å². The number of benzene rings is 1. The third kappa shape index (κ3) is 8.29. The second kappa shape index (κ2) is 16.5. The van der Waals surface area contributed by atoms with E-state index in [-0.39, 0.29) is 60.2 Å². The van der Waals surface area contributed by atoms with Gasteiger partial charge in [0.1, 0.15) is 28.7 Å². The zero-order chi connectivity index (χ0) is 36.6. The topological polar surface area (TPSA) is 168 Å². The van der Waals surface area contributed by atoms with Gasteiger partial charge in [-0.1, -0.05) is 25.1 Å². The van der Waals surface area contributed by atoms with Crippen LogP contribution >= 0.6 is 0 Å². The zero-order valence-electron chi connectivity index (χ0n) is 29.9. The van der Waals surface area contributed by atoms with Crippen LogP contribution in [0.3, 0.4) is 0 Å². The van der Waals surface area contributed by atoms with Crippen LogP contribution in [-0.4, -0.2) is 78.2 Å². The number of nitrogens with zero attached hydrogens (tertiary/aromatic N) is 6. The number of esters is 1. The van der Waals surface area contributed by atoms with Crippen LogP contribution in [0.15, 0.2) is 47.6 Å². The van der Waals surface area contributed by atoms with Crippen LogP contribution in [0.5, 0.6) is 5.88 Å². The number of rotatable bonds is 17. The minimum Gasteiger partial charge on any atom is -0.478 e. The highest BCUT2D eigenvalue weighted by Gasteiger charge is 2.34. The van der Waals surface area contributed by atoms with E-state index in [0.717, 1.165) is 16.3 Å². The number of carbonyl (C=O) groups is 1. The molecular weight excluding hydrogens is 664 g/mol. The van der Waals surface area contributed by atoms with Crippen molar-refractivity contribution in [3.8, 4) is 17.1 Å². The summed E-state index contributed by atoms with van der Waals surface area (Å²) < 4.78 is 53.5. The van der Waals surface area contributed by atoms with Crippen LogP contribution in [-0.2, 0) is 49.4 Å². The molecule has 0 unspecified atom stereocenters. The first kappa shape index (κ1) is 38.4. The lowest BCUT2D eigenvalue weighted by Gasteiger charge is -2.25. The van der Waals surface area contributed by atoms with Crippen molar-refractivity contribution in [3.05, 3.63) is 76.8 Å². The summed E-state index contributed by atoms with van der Waals surface area (Å²) in [5, 5.41) is 11.0. The second-order valence-electron chi connectivity index (χ2n) is 11.9. The Morgan fingerprint density at radius 2 is 1.82 bits per heavy atom. The first-order valence-corrected chi connectivity index (χ1v) is 17.8. The Balaban J connectivity index is 1.87. The Hall–Kier alpha value is -4.44. The van der Waals surface area contributed by atoms with Crippen molar-refractivity contribution in [1.82, 2.24) is 24.5 Å². The van der Waals surface area contributed by atoms with Crippen molar-refractivity contribution < 1.29 is 37.3 Å². The van der Waals surface area contributed by atoms with Gasteiger partial charge in [-0.2, -0.15) is 0 Å². The summed E-state index contributed by atoms with van der Waals surface area (Å²) in [7, 11) is -1.58. The maximum absolute atomic E-state index is 14.4. The molecule has 4 rings (SSSR count). The average molecular weight is 711 g/mol. The van der Waals surface area contributed by atoms with Gasteiger partial charge in [-0.25, -0.2) is 32.5 Å². The number of hydrogen-bond donors (Lipinski definition) is 1. The van der Waals surface area contributed by atoms with Crippen molar-refractivity contribution >= 4 is 21.8 Å². The number of aryl methyl sites for hydroxylation is 2. The smallest absolute Gasteiger partial charge is 0.357 e. The van der Waals surface area contributed by atoms with E-state index in [9.17, 15) is 18.3 Å². The summed E-state index contributed by atoms with van der Waals surface area (Å²) in [6.45, 7) is 11.1. The van der Waals surface area contributed by atoms with Crippen LogP contribution in [0, 0.1) is 6.92 Å². The van der Waals surface area contributed by atoms with Crippen LogP contribution in [0.25, 0.3) is 11.3 Å². The fourth-order valence-corrected chi connectivity index (χ4v) is 6.94.